The molecule has 0 bridgehead atoms. The smallest absolute Gasteiger partial charge is 0.231 e. The normalized spacial score (nSPS) is 13.3. The predicted octanol–water partition coefficient (Wildman–Crippen LogP) is 3.43. The summed E-state index contributed by atoms with van der Waals surface area (Å²) in [6.45, 7) is 4.31. The van der Waals surface area contributed by atoms with Crippen molar-refractivity contribution in [2.45, 2.75) is 19.8 Å². The van der Waals surface area contributed by atoms with Gasteiger partial charge in [0.05, 0.1) is 5.02 Å². The van der Waals surface area contributed by atoms with E-state index < -0.39 is 0 Å². The molecule has 0 saturated heterocycles. The SMILES string of the molecule is CC(C)c1c(-c2cc(N)on2)cc(Cl)c2c1OCO2. The van der Waals surface area contributed by atoms with E-state index in [4.69, 9.17) is 31.3 Å². The zero-order valence-corrected chi connectivity index (χ0v) is 11.3. The van der Waals surface area contributed by atoms with Crippen molar-refractivity contribution in [1.82, 2.24) is 5.16 Å². The number of hydrogen-bond donors (Lipinski definition) is 1. The molecule has 5 nitrogen and oxygen atoms in total. The molecular weight excluding hydrogens is 268 g/mol. The molecule has 2 N–H and O–H groups in total. The molecule has 2 aromatic rings. The molecule has 0 saturated carbocycles. The van der Waals surface area contributed by atoms with Gasteiger partial charge in [-0.25, -0.2) is 0 Å². The van der Waals surface area contributed by atoms with Crippen LogP contribution >= 0.6 is 11.6 Å². The molecule has 0 aliphatic carbocycles. The summed E-state index contributed by atoms with van der Waals surface area (Å²) >= 11 is 6.21. The van der Waals surface area contributed by atoms with E-state index in [1.54, 1.807) is 6.07 Å². The molecule has 0 atom stereocenters. The third-order valence-corrected chi connectivity index (χ3v) is 3.30. The molecular formula is C13H13ClN2O3. The van der Waals surface area contributed by atoms with Gasteiger partial charge in [-0.1, -0.05) is 30.6 Å². The van der Waals surface area contributed by atoms with Crippen LogP contribution in [-0.2, 0) is 0 Å². The molecule has 0 amide bonds. The number of fused-ring (bicyclic) bond motifs is 1. The highest BCUT2D eigenvalue weighted by Gasteiger charge is 2.27. The lowest BCUT2D eigenvalue weighted by molar-refractivity contribution is 0.173. The number of ether oxygens (including phenoxy) is 2. The van der Waals surface area contributed by atoms with E-state index in [1.807, 2.05) is 6.07 Å². The fraction of sp³-hybridized carbons (Fsp3) is 0.308. The van der Waals surface area contributed by atoms with Crippen molar-refractivity contribution in [1.29, 1.82) is 0 Å². The highest BCUT2D eigenvalue weighted by Crippen LogP contribution is 2.48. The number of hydrogen-bond acceptors (Lipinski definition) is 5. The summed E-state index contributed by atoms with van der Waals surface area (Å²) in [5.74, 6) is 1.75. The Morgan fingerprint density at radius 2 is 2.00 bits per heavy atom. The Balaban J connectivity index is 2.27. The van der Waals surface area contributed by atoms with Crippen LogP contribution in [0.4, 0.5) is 5.88 Å². The Morgan fingerprint density at radius 3 is 2.63 bits per heavy atom. The Morgan fingerprint density at radius 1 is 1.26 bits per heavy atom. The van der Waals surface area contributed by atoms with Crippen LogP contribution in [0.3, 0.4) is 0 Å². The van der Waals surface area contributed by atoms with Gasteiger partial charge in [0.15, 0.2) is 11.5 Å². The molecule has 0 spiro atoms. The van der Waals surface area contributed by atoms with Gasteiger partial charge >= 0.3 is 0 Å². The first-order chi connectivity index (χ1) is 9.08. The molecule has 3 rings (SSSR count). The molecule has 6 heteroatoms. The molecule has 0 radical (unpaired) electrons. The van der Waals surface area contributed by atoms with Gasteiger partial charge in [-0.2, -0.15) is 0 Å². The number of nitrogens with two attached hydrogens (primary N) is 1. The Bertz CT molecular complexity index is 637. The zero-order valence-electron chi connectivity index (χ0n) is 10.6. The van der Waals surface area contributed by atoms with Crippen molar-refractivity contribution in [2.75, 3.05) is 12.5 Å². The van der Waals surface area contributed by atoms with Crippen LogP contribution in [0.2, 0.25) is 5.02 Å². The molecule has 1 aromatic carbocycles. The zero-order chi connectivity index (χ0) is 13.6. The van der Waals surface area contributed by atoms with Crippen molar-refractivity contribution in [3.8, 4) is 22.8 Å². The summed E-state index contributed by atoms with van der Waals surface area (Å²) in [7, 11) is 0. The lowest BCUT2D eigenvalue weighted by Gasteiger charge is -2.14. The van der Waals surface area contributed by atoms with Crippen molar-refractivity contribution in [3.63, 3.8) is 0 Å². The summed E-state index contributed by atoms with van der Waals surface area (Å²) in [5, 5.41) is 4.43. The van der Waals surface area contributed by atoms with Crippen molar-refractivity contribution >= 4 is 17.5 Å². The monoisotopic (exact) mass is 280 g/mol. The lowest BCUT2D eigenvalue weighted by Crippen LogP contribution is -1.97. The first kappa shape index (κ1) is 12.2. The third kappa shape index (κ3) is 1.90. The largest absolute Gasteiger partial charge is 0.453 e. The number of benzene rings is 1. The van der Waals surface area contributed by atoms with Gasteiger partial charge in [0.2, 0.25) is 12.7 Å². The molecule has 1 aliphatic rings. The minimum Gasteiger partial charge on any atom is -0.453 e. The van der Waals surface area contributed by atoms with Crippen molar-refractivity contribution in [2.24, 2.45) is 0 Å². The van der Waals surface area contributed by atoms with Gasteiger partial charge in [-0.15, -0.1) is 0 Å². The van der Waals surface area contributed by atoms with Crippen LogP contribution in [0.25, 0.3) is 11.3 Å². The van der Waals surface area contributed by atoms with Crippen molar-refractivity contribution < 1.29 is 14.0 Å². The van der Waals surface area contributed by atoms with Gasteiger partial charge < -0.3 is 19.7 Å². The van der Waals surface area contributed by atoms with Gasteiger partial charge in [-0.3, -0.25) is 0 Å². The first-order valence-corrected chi connectivity index (χ1v) is 6.30. The fourth-order valence-electron chi connectivity index (χ4n) is 2.25. The molecule has 1 aromatic heterocycles. The summed E-state index contributed by atoms with van der Waals surface area (Å²) < 4.78 is 15.9. The van der Waals surface area contributed by atoms with E-state index >= 15 is 0 Å². The second kappa shape index (κ2) is 4.35. The van der Waals surface area contributed by atoms with Crippen molar-refractivity contribution in [3.05, 3.63) is 22.7 Å². The summed E-state index contributed by atoms with van der Waals surface area (Å²) in [5.41, 5.74) is 8.06. The molecule has 0 unspecified atom stereocenters. The van der Waals surface area contributed by atoms with Gasteiger partial charge in [0, 0.05) is 17.2 Å². The topological polar surface area (TPSA) is 70.5 Å². The van der Waals surface area contributed by atoms with E-state index in [-0.39, 0.29) is 18.6 Å². The minimum atomic E-state index is 0.180. The van der Waals surface area contributed by atoms with Crippen LogP contribution in [0.15, 0.2) is 16.7 Å². The van der Waals surface area contributed by atoms with E-state index in [0.717, 1.165) is 11.1 Å². The maximum absolute atomic E-state index is 6.21. The standard InChI is InChI=1S/C13H13ClN2O3/c1-6(2)11-7(9-4-10(15)19-16-9)3-8(14)12-13(11)18-5-17-12/h3-4,6H,5,15H2,1-2H3. The highest BCUT2D eigenvalue weighted by molar-refractivity contribution is 6.32. The number of halogens is 1. The van der Waals surface area contributed by atoms with E-state index in [1.165, 1.54) is 0 Å². The van der Waals surface area contributed by atoms with Crippen LogP contribution < -0.4 is 15.2 Å². The molecule has 0 fully saturated rings. The van der Waals surface area contributed by atoms with Crippen LogP contribution in [0, 0.1) is 0 Å². The maximum Gasteiger partial charge on any atom is 0.231 e. The van der Waals surface area contributed by atoms with Gasteiger partial charge in [-0.05, 0) is 12.0 Å². The van der Waals surface area contributed by atoms with E-state index in [0.29, 0.717) is 22.2 Å². The molecule has 1 aliphatic heterocycles. The Hall–Kier alpha value is -1.88. The Labute approximate surface area is 115 Å². The van der Waals surface area contributed by atoms with Crippen LogP contribution in [0.5, 0.6) is 11.5 Å². The van der Waals surface area contributed by atoms with Gasteiger partial charge in [0.1, 0.15) is 5.69 Å². The van der Waals surface area contributed by atoms with E-state index in [9.17, 15) is 0 Å². The summed E-state index contributed by atoms with van der Waals surface area (Å²) in [6.07, 6.45) is 0. The third-order valence-electron chi connectivity index (χ3n) is 3.02. The predicted molar refractivity (Wildman–Crippen MR) is 71.6 cm³/mol. The maximum atomic E-state index is 6.21. The number of nitrogens with zero attached hydrogens (tertiary/aromatic N) is 1. The average molecular weight is 281 g/mol. The first-order valence-electron chi connectivity index (χ1n) is 5.92. The molecule has 19 heavy (non-hydrogen) atoms. The minimum absolute atomic E-state index is 0.180. The van der Waals surface area contributed by atoms with E-state index in [2.05, 4.69) is 19.0 Å². The van der Waals surface area contributed by atoms with Crippen LogP contribution in [0.1, 0.15) is 25.3 Å². The molecule has 2 heterocycles. The number of nitrogen functional groups attached to an aromatic ring is 1. The van der Waals surface area contributed by atoms with Crippen LogP contribution in [-0.4, -0.2) is 11.9 Å². The second-order valence-corrected chi connectivity index (χ2v) is 5.06. The summed E-state index contributed by atoms with van der Waals surface area (Å²) in [4.78, 5) is 0. The average Bonchev–Trinajstić information content (AvgIpc) is 2.96. The number of aromatic nitrogens is 1. The fourth-order valence-corrected chi connectivity index (χ4v) is 2.50. The highest BCUT2D eigenvalue weighted by atomic mass is 35.5. The van der Waals surface area contributed by atoms with Gasteiger partial charge in [0.25, 0.3) is 0 Å². The summed E-state index contributed by atoms with van der Waals surface area (Å²) in [6, 6.07) is 3.47. The molecule has 100 valence electrons. The quantitative estimate of drug-likeness (QED) is 0.912. The Kier molecular flexibility index (Phi) is 2.78. The lowest BCUT2D eigenvalue weighted by atomic mass is 9.94. The number of anilines is 1. The second-order valence-electron chi connectivity index (χ2n) is 4.65. The number of rotatable bonds is 2.